The van der Waals surface area contributed by atoms with Crippen molar-refractivity contribution in [3.05, 3.63) is 72.6 Å². The maximum Gasteiger partial charge on any atom is 0.409 e. The van der Waals surface area contributed by atoms with E-state index < -0.39 is 16.1 Å². The monoisotopic (exact) mass is 435 g/mol. The quantitative estimate of drug-likeness (QED) is 0.433. The molecule has 31 heavy (non-hydrogen) atoms. The van der Waals surface area contributed by atoms with E-state index in [2.05, 4.69) is 25.0 Å². The number of amides is 1. The third-order valence-corrected chi connectivity index (χ3v) is 5.84. The van der Waals surface area contributed by atoms with Crippen LogP contribution in [-0.4, -0.2) is 34.6 Å². The molecule has 1 amide bonds. The number of aryl methyl sites for hydroxylation is 1. The number of carboxylic acid groups (broad SMARTS) is 1. The van der Waals surface area contributed by atoms with Crippen molar-refractivity contribution in [2.24, 2.45) is 0 Å². The van der Waals surface area contributed by atoms with Crippen LogP contribution in [0, 0.1) is 6.92 Å². The lowest BCUT2D eigenvalue weighted by molar-refractivity contribution is 0.209. The van der Waals surface area contributed by atoms with Gasteiger partial charge in [-0.15, -0.1) is 0 Å². The topological polar surface area (TPSA) is 134 Å². The third-order valence-electron chi connectivity index (χ3n) is 4.49. The van der Waals surface area contributed by atoms with E-state index in [0.29, 0.717) is 22.3 Å². The van der Waals surface area contributed by atoms with Gasteiger partial charge in [0.1, 0.15) is 5.52 Å². The van der Waals surface area contributed by atoms with Crippen LogP contribution >= 0.6 is 0 Å². The highest BCUT2D eigenvalue weighted by atomic mass is 32.2. The zero-order chi connectivity index (χ0) is 22.0. The zero-order valence-corrected chi connectivity index (χ0v) is 17.1. The Balaban J connectivity index is 1.76. The van der Waals surface area contributed by atoms with Crippen molar-refractivity contribution in [3.63, 3.8) is 0 Å². The lowest BCUT2D eigenvalue weighted by atomic mass is 10.1. The molecule has 0 atom stereocenters. The van der Waals surface area contributed by atoms with Gasteiger partial charge in [0.05, 0.1) is 16.3 Å². The Morgan fingerprint density at radius 3 is 2.42 bits per heavy atom. The summed E-state index contributed by atoms with van der Waals surface area (Å²) < 4.78 is 28.4. The number of fused-ring (bicyclic) bond motifs is 1. The van der Waals surface area contributed by atoms with Gasteiger partial charge in [-0.25, -0.2) is 18.2 Å². The third kappa shape index (κ3) is 4.28. The molecule has 10 heteroatoms. The van der Waals surface area contributed by atoms with E-state index in [1.165, 1.54) is 24.3 Å². The molecule has 3 heterocycles. The number of hydrogen-bond donors (Lipinski definition) is 3. The van der Waals surface area contributed by atoms with E-state index in [1.54, 1.807) is 18.5 Å². The van der Waals surface area contributed by atoms with Crippen LogP contribution in [0.5, 0.6) is 0 Å². The average molecular weight is 435 g/mol. The molecule has 9 nitrogen and oxygen atoms in total. The highest BCUT2D eigenvalue weighted by Gasteiger charge is 2.19. The fourth-order valence-corrected chi connectivity index (χ4v) is 4.07. The fourth-order valence-electron chi connectivity index (χ4n) is 3.06. The van der Waals surface area contributed by atoms with Crippen LogP contribution in [0.2, 0.25) is 0 Å². The smallest absolute Gasteiger partial charge is 0.409 e. The number of nitrogens with zero attached hydrogens (tertiary/aromatic N) is 3. The van der Waals surface area contributed by atoms with Gasteiger partial charge in [-0.3, -0.25) is 20.0 Å². The number of nitrogens with one attached hydrogen (secondary N) is 2. The number of carbonyl (C=O) groups is 1. The molecular weight excluding hydrogens is 418 g/mol. The van der Waals surface area contributed by atoms with Crippen molar-refractivity contribution in [2.75, 3.05) is 10.0 Å². The molecule has 156 valence electrons. The summed E-state index contributed by atoms with van der Waals surface area (Å²) >= 11 is 0. The van der Waals surface area contributed by atoms with Crippen LogP contribution in [0.3, 0.4) is 0 Å². The first-order valence-electron chi connectivity index (χ1n) is 9.14. The Morgan fingerprint density at radius 2 is 1.71 bits per heavy atom. The summed E-state index contributed by atoms with van der Waals surface area (Å²) in [6, 6.07) is 14.4. The molecule has 0 radical (unpaired) electrons. The minimum atomic E-state index is -4.01. The Morgan fingerprint density at radius 1 is 1.00 bits per heavy atom. The van der Waals surface area contributed by atoms with E-state index in [1.807, 2.05) is 31.2 Å². The molecule has 0 saturated heterocycles. The van der Waals surface area contributed by atoms with Crippen molar-refractivity contribution in [3.8, 4) is 11.4 Å². The van der Waals surface area contributed by atoms with Crippen LogP contribution in [-0.2, 0) is 10.0 Å². The molecule has 0 aliphatic carbocycles. The highest BCUT2D eigenvalue weighted by Crippen LogP contribution is 2.28. The van der Waals surface area contributed by atoms with E-state index in [0.717, 1.165) is 5.56 Å². The second kappa shape index (κ2) is 8.00. The Bertz CT molecular complexity index is 1390. The van der Waals surface area contributed by atoms with Crippen LogP contribution in [0.1, 0.15) is 5.56 Å². The van der Waals surface area contributed by atoms with Crippen molar-refractivity contribution < 1.29 is 18.3 Å². The number of benzene rings is 1. The van der Waals surface area contributed by atoms with Gasteiger partial charge in [0.2, 0.25) is 0 Å². The van der Waals surface area contributed by atoms with Crippen molar-refractivity contribution in [2.45, 2.75) is 11.8 Å². The van der Waals surface area contributed by atoms with Gasteiger partial charge in [-0.2, -0.15) is 0 Å². The van der Waals surface area contributed by atoms with Gasteiger partial charge in [0.15, 0.2) is 5.82 Å². The number of hydrogen-bond acceptors (Lipinski definition) is 6. The molecule has 0 aliphatic heterocycles. The minimum absolute atomic E-state index is 0.0475. The highest BCUT2D eigenvalue weighted by molar-refractivity contribution is 7.92. The van der Waals surface area contributed by atoms with Crippen molar-refractivity contribution in [1.82, 2.24) is 15.0 Å². The predicted octanol–water partition coefficient (Wildman–Crippen LogP) is 3.89. The van der Waals surface area contributed by atoms with Gasteiger partial charge in [-0.1, -0.05) is 12.1 Å². The van der Waals surface area contributed by atoms with Crippen LogP contribution in [0.15, 0.2) is 71.9 Å². The van der Waals surface area contributed by atoms with Crippen molar-refractivity contribution in [1.29, 1.82) is 0 Å². The molecule has 0 fully saturated rings. The summed E-state index contributed by atoms with van der Waals surface area (Å²) in [4.78, 5) is 23.8. The van der Waals surface area contributed by atoms with Gasteiger partial charge >= 0.3 is 6.09 Å². The summed E-state index contributed by atoms with van der Waals surface area (Å²) in [6.07, 6.45) is 1.96. The summed E-state index contributed by atoms with van der Waals surface area (Å²) in [7, 11) is -4.01. The second-order valence-electron chi connectivity index (χ2n) is 6.66. The molecular formula is C21H17N5O4S. The van der Waals surface area contributed by atoms with Gasteiger partial charge in [0.25, 0.3) is 10.0 Å². The molecule has 0 unspecified atom stereocenters. The molecule has 3 N–H and O–H groups in total. The predicted molar refractivity (Wildman–Crippen MR) is 116 cm³/mol. The first-order chi connectivity index (χ1) is 14.8. The van der Waals surface area contributed by atoms with Gasteiger partial charge in [0, 0.05) is 23.5 Å². The molecule has 0 saturated carbocycles. The first-order valence-corrected chi connectivity index (χ1v) is 10.6. The van der Waals surface area contributed by atoms with Gasteiger partial charge in [-0.05, 0) is 55.0 Å². The largest absolute Gasteiger partial charge is 0.465 e. The molecule has 4 aromatic rings. The Kier molecular flexibility index (Phi) is 5.22. The zero-order valence-electron chi connectivity index (χ0n) is 16.3. The lowest BCUT2D eigenvalue weighted by Crippen LogP contribution is -2.15. The normalized spacial score (nSPS) is 11.3. The van der Waals surface area contributed by atoms with E-state index in [4.69, 9.17) is 5.11 Å². The SMILES string of the molecule is Cc1cccnc1-c1cc2cccnc2c(NS(=O)(=O)c2ccc(NC(=O)O)cc2)n1. The maximum atomic E-state index is 13.0. The molecule has 0 spiro atoms. The standard InChI is InChI=1S/C21H17N5O4S/c1-13-4-2-10-22-18(13)17-12-14-5-3-11-23-19(14)20(25-17)26-31(29,30)16-8-6-15(7-9-16)24-21(27)28/h2-12,24H,1H3,(H,25,26)(H,27,28). The number of aromatic nitrogens is 3. The second-order valence-corrected chi connectivity index (χ2v) is 8.34. The Labute approximate surface area is 177 Å². The number of anilines is 2. The fraction of sp³-hybridized carbons (Fsp3) is 0.0476. The molecule has 1 aromatic carbocycles. The molecule has 0 aliphatic rings. The summed E-state index contributed by atoms with van der Waals surface area (Å²) in [6.45, 7) is 1.90. The Hall–Kier alpha value is -4.05. The van der Waals surface area contributed by atoms with E-state index in [-0.39, 0.29) is 16.4 Å². The first kappa shape index (κ1) is 20.2. The van der Waals surface area contributed by atoms with Crippen molar-refractivity contribution >= 4 is 38.5 Å². The summed E-state index contributed by atoms with van der Waals surface area (Å²) in [5, 5.41) is 11.6. The van der Waals surface area contributed by atoms with Gasteiger partial charge < -0.3 is 5.11 Å². The number of rotatable bonds is 5. The molecule has 3 aromatic heterocycles. The van der Waals surface area contributed by atoms with Crippen LogP contribution in [0.4, 0.5) is 16.3 Å². The molecule has 0 bridgehead atoms. The van der Waals surface area contributed by atoms with E-state index >= 15 is 0 Å². The number of pyridine rings is 3. The summed E-state index contributed by atoms with van der Waals surface area (Å²) in [5.74, 6) is 0.0749. The average Bonchev–Trinajstić information content (AvgIpc) is 2.74. The van der Waals surface area contributed by atoms with E-state index in [9.17, 15) is 13.2 Å². The minimum Gasteiger partial charge on any atom is -0.465 e. The van der Waals surface area contributed by atoms with Crippen LogP contribution < -0.4 is 10.0 Å². The number of sulfonamides is 1. The molecule has 4 rings (SSSR count). The van der Waals surface area contributed by atoms with Crippen LogP contribution in [0.25, 0.3) is 22.3 Å². The maximum absolute atomic E-state index is 13.0. The lowest BCUT2D eigenvalue weighted by Gasteiger charge is -2.12. The summed E-state index contributed by atoms with van der Waals surface area (Å²) in [5.41, 5.74) is 2.69.